The fourth-order valence-electron chi connectivity index (χ4n) is 20.2. The summed E-state index contributed by atoms with van der Waals surface area (Å²) in [6.07, 6.45) is 0. The molecular weight excluding hydrogens is 1360 g/mol. The van der Waals surface area contributed by atoms with E-state index in [4.69, 9.17) is 0 Å². The van der Waals surface area contributed by atoms with Crippen LogP contribution in [0.25, 0.3) is 66.8 Å². The van der Waals surface area contributed by atoms with Crippen molar-refractivity contribution in [1.82, 2.24) is 0 Å². The molecule has 0 bridgehead atoms. The van der Waals surface area contributed by atoms with Crippen molar-refractivity contribution in [3.63, 3.8) is 0 Å². The number of benzene rings is 16. The second-order valence-electron chi connectivity index (χ2n) is 29.9. The van der Waals surface area contributed by atoms with Gasteiger partial charge in [0.15, 0.2) is 34.7 Å². The minimum Gasteiger partial charge on any atom is -0.289 e. The second-order valence-corrected chi connectivity index (χ2v) is 29.9. The summed E-state index contributed by atoms with van der Waals surface area (Å²) in [4.78, 5) is 94.0. The summed E-state index contributed by atoms with van der Waals surface area (Å²) in [5.41, 5.74) is 23.3. The van der Waals surface area contributed by atoms with E-state index in [9.17, 15) is 0 Å². The number of hydrogen-bond acceptors (Lipinski definition) is 6. The van der Waals surface area contributed by atoms with Crippen LogP contribution in [0.4, 0.5) is 0 Å². The van der Waals surface area contributed by atoms with E-state index in [1.165, 1.54) is 0 Å². The fraction of sp³-hybridized carbons (Fsp3) is 0.0286. The van der Waals surface area contributed by atoms with Crippen molar-refractivity contribution in [3.05, 3.63) is 498 Å². The van der Waals surface area contributed by atoms with E-state index in [2.05, 4.69) is 146 Å². The van der Waals surface area contributed by atoms with Crippen LogP contribution < -0.4 is 0 Å². The number of ketones is 6. The third-order valence-corrected chi connectivity index (χ3v) is 24.6. The lowest BCUT2D eigenvalue weighted by atomic mass is 9.62. The largest absolute Gasteiger partial charge is 0.289 e. The maximum atomic E-state index is 15.7. The highest BCUT2D eigenvalue weighted by Crippen LogP contribution is 2.77. The molecule has 6 aliphatic carbocycles. The van der Waals surface area contributed by atoms with Crippen LogP contribution in [0.5, 0.6) is 0 Å². The van der Waals surface area contributed by atoms with Gasteiger partial charge < -0.3 is 0 Å². The maximum Gasteiger partial charge on any atom is 0.193 e. The van der Waals surface area contributed by atoms with Crippen molar-refractivity contribution < 1.29 is 28.8 Å². The first-order chi connectivity index (χ1) is 54.6. The first-order valence-corrected chi connectivity index (χ1v) is 37.6. The number of carbonyl (C=O) groups is 6. The Morgan fingerprint density at radius 3 is 0.486 bits per heavy atom. The molecule has 0 aromatic heterocycles. The van der Waals surface area contributed by atoms with Crippen molar-refractivity contribution in [1.29, 1.82) is 0 Å². The molecule has 111 heavy (non-hydrogen) atoms. The van der Waals surface area contributed by atoms with Crippen LogP contribution in [0, 0.1) is 0 Å². The second kappa shape index (κ2) is 23.8. The third kappa shape index (κ3) is 8.56. The molecule has 0 saturated carbocycles. The van der Waals surface area contributed by atoms with Gasteiger partial charge in [0.2, 0.25) is 0 Å². The van der Waals surface area contributed by atoms with Crippen molar-refractivity contribution in [2.75, 3.05) is 0 Å². The highest BCUT2D eigenvalue weighted by molar-refractivity contribution is 6.19. The van der Waals surface area contributed by atoms with Gasteiger partial charge in [-0.15, -0.1) is 0 Å². The smallest absolute Gasteiger partial charge is 0.193 e. The predicted octanol–water partition coefficient (Wildman–Crippen LogP) is 22.1. The number of carbonyl (C=O) groups excluding carboxylic acids is 6. The quantitative estimate of drug-likeness (QED) is 0.113. The molecule has 0 aliphatic heterocycles. The Hall–Kier alpha value is -14.5. The zero-order valence-corrected chi connectivity index (χ0v) is 59.6. The Kier molecular flexibility index (Phi) is 13.7. The summed E-state index contributed by atoms with van der Waals surface area (Å²) in [6.45, 7) is 0. The normalized spacial score (nSPS) is 13.8. The molecule has 0 unspecified atom stereocenters. The topological polar surface area (TPSA) is 102 Å². The molecule has 516 valence electrons. The van der Waals surface area contributed by atoms with Crippen molar-refractivity contribution in [3.8, 4) is 66.8 Å². The highest BCUT2D eigenvalue weighted by atomic mass is 16.1. The van der Waals surface area contributed by atoms with Gasteiger partial charge in [-0.2, -0.15) is 0 Å². The maximum absolute atomic E-state index is 15.7. The molecule has 0 heterocycles. The van der Waals surface area contributed by atoms with E-state index in [0.29, 0.717) is 66.8 Å². The first kappa shape index (κ1) is 63.8. The van der Waals surface area contributed by atoms with Gasteiger partial charge in [-0.1, -0.05) is 328 Å². The average Bonchev–Trinajstić information content (AvgIpc) is 1.45. The Bertz CT molecular complexity index is 5870. The zero-order chi connectivity index (χ0) is 74.2. The highest BCUT2D eigenvalue weighted by Gasteiger charge is 2.65. The van der Waals surface area contributed by atoms with Crippen LogP contribution in [0.1, 0.15) is 162 Å². The molecule has 16 aromatic rings. The Labute approximate surface area is 640 Å². The molecule has 16 aromatic carbocycles. The van der Waals surface area contributed by atoms with E-state index < -0.39 is 16.2 Å². The zero-order valence-electron chi connectivity index (χ0n) is 59.6. The van der Waals surface area contributed by atoms with E-state index in [1.54, 1.807) is 0 Å². The summed E-state index contributed by atoms with van der Waals surface area (Å²) in [5.74, 6) is -0.941. The Morgan fingerprint density at radius 2 is 0.306 bits per heavy atom. The molecule has 6 aliphatic rings. The van der Waals surface area contributed by atoms with Crippen LogP contribution in [0.15, 0.2) is 364 Å². The minimum absolute atomic E-state index is 0.157. The molecular formula is C105H60O6. The lowest BCUT2D eigenvalue weighted by molar-refractivity contribution is 0.103. The molecule has 6 heteroatoms. The SMILES string of the molecule is O=C(c1ccccc1)c1ccc2c(c1)C1(c3cc(C(=O)c4ccccc4)ccc3-2)c2ccccc2-c2c1c1c(c3c2C2(c4cc(C(=O)c5ccccc5)ccc4-c4ccc(C(=O)c5ccccc5)cc42)c2ccccc2-3)C2(c3cc(C(=O)c4ccccc4)ccc3-c3ccc(C(=O)c4ccccc4)cc32)c2ccccc2-1. The van der Waals surface area contributed by atoms with Crippen molar-refractivity contribution in [2.24, 2.45) is 0 Å². The van der Waals surface area contributed by atoms with Crippen molar-refractivity contribution in [2.45, 2.75) is 16.2 Å². The van der Waals surface area contributed by atoms with Gasteiger partial charge in [0.05, 0.1) is 16.2 Å². The summed E-state index contributed by atoms with van der Waals surface area (Å²) in [6, 6.07) is 119. The van der Waals surface area contributed by atoms with Gasteiger partial charge >= 0.3 is 0 Å². The Morgan fingerprint density at radius 1 is 0.144 bits per heavy atom. The van der Waals surface area contributed by atoms with E-state index >= 15 is 28.8 Å². The number of hydrogen-bond donors (Lipinski definition) is 0. The molecule has 0 atom stereocenters. The standard InChI is InChI=1S/C105H60O6/c106-97(61-25-7-1-8-26-61)67-43-49-73-74-50-44-68(98(107)62-27-9-2-10-28-62)56-86(74)103(85(73)55-67)82-40-22-19-37-79(82)91-94(103)92-80-38-20-23-41-83(80)104(87-57-69(99(108)63-29-11-3-12-30-63)45-51-75(87)76-52-46-70(58-88(76)104)100(109)64-31-13-4-14-32-64)96(92)93-81-39-21-24-42-84(81)105(95(91)93)89-59-71(101(110)65-33-15-5-16-34-65)47-53-77(89)78-54-48-72(60-90(78)105)102(111)66-35-17-6-18-36-66/h1-60H. The van der Waals surface area contributed by atoms with E-state index in [-0.39, 0.29) is 34.7 Å². The monoisotopic (exact) mass is 1420 g/mol. The lowest BCUT2D eigenvalue weighted by Crippen LogP contribution is -2.32. The molecule has 0 fully saturated rings. The van der Waals surface area contributed by atoms with Crippen LogP contribution in [-0.4, -0.2) is 34.7 Å². The molecule has 0 amide bonds. The summed E-state index contributed by atoms with van der Waals surface area (Å²) in [5, 5.41) is 0. The van der Waals surface area contributed by atoms with Crippen LogP contribution in [-0.2, 0) is 16.2 Å². The van der Waals surface area contributed by atoms with E-state index in [1.807, 2.05) is 218 Å². The summed E-state index contributed by atoms with van der Waals surface area (Å²) in [7, 11) is 0. The summed E-state index contributed by atoms with van der Waals surface area (Å²) < 4.78 is 0. The van der Waals surface area contributed by atoms with Gasteiger partial charge in [-0.3, -0.25) is 28.8 Å². The molecule has 0 saturated heterocycles. The third-order valence-electron chi connectivity index (χ3n) is 24.6. The number of rotatable bonds is 12. The van der Waals surface area contributed by atoms with Gasteiger partial charge in [0, 0.05) is 66.8 Å². The molecule has 0 N–H and O–H groups in total. The average molecular weight is 1420 g/mol. The van der Waals surface area contributed by atoms with Gasteiger partial charge in [0.25, 0.3) is 0 Å². The molecule has 22 rings (SSSR count). The van der Waals surface area contributed by atoms with Gasteiger partial charge in [-0.25, -0.2) is 0 Å². The molecule has 0 radical (unpaired) electrons. The summed E-state index contributed by atoms with van der Waals surface area (Å²) >= 11 is 0. The Balaban J connectivity index is 0.973. The fourth-order valence-corrected chi connectivity index (χ4v) is 20.2. The first-order valence-electron chi connectivity index (χ1n) is 37.6. The number of fused-ring (bicyclic) bond motifs is 33. The molecule has 6 nitrogen and oxygen atoms in total. The molecule has 3 spiro atoms. The van der Waals surface area contributed by atoms with Crippen molar-refractivity contribution >= 4 is 34.7 Å². The van der Waals surface area contributed by atoms with Gasteiger partial charge in [0.1, 0.15) is 0 Å². The van der Waals surface area contributed by atoms with Crippen LogP contribution in [0.2, 0.25) is 0 Å². The van der Waals surface area contributed by atoms with E-state index in [0.717, 1.165) is 134 Å². The lowest BCUT2D eigenvalue weighted by Gasteiger charge is -2.38. The predicted molar refractivity (Wildman–Crippen MR) is 435 cm³/mol. The van der Waals surface area contributed by atoms with Gasteiger partial charge in [-0.05, 0) is 170 Å². The van der Waals surface area contributed by atoms with Crippen LogP contribution >= 0.6 is 0 Å². The minimum atomic E-state index is -1.38. The van der Waals surface area contributed by atoms with Crippen LogP contribution in [0.3, 0.4) is 0 Å².